The third-order valence-electron chi connectivity index (χ3n) is 5.92. The van der Waals surface area contributed by atoms with Gasteiger partial charge in [-0.15, -0.1) is 0 Å². The highest BCUT2D eigenvalue weighted by molar-refractivity contribution is 7.99. The Kier molecular flexibility index (Phi) is 5.39. The van der Waals surface area contributed by atoms with E-state index in [-0.39, 0.29) is 16.8 Å². The molecule has 2 aliphatic rings. The van der Waals surface area contributed by atoms with Crippen LogP contribution in [0.3, 0.4) is 0 Å². The van der Waals surface area contributed by atoms with Crippen molar-refractivity contribution in [3.8, 4) is 0 Å². The summed E-state index contributed by atoms with van der Waals surface area (Å²) in [5.41, 5.74) is 4.08. The van der Waals surface area contributed by atoms with E-state index in [0.29, 0.717) is 28.9 Å². The number of carbonyl (C=O) groups excluding carboxylic acids is 1. The Bertz CT molecular complexity index is 1080. The summed E-state index contributed by atoms with van der Waals surface area (Å²) in [6, 6.07) is 8.31. The summed E-state index contributed by atoms with van der Waals surface area (Å²) in [7, 11) is 0. The zero-order valence-electron chi connectivity index (χ0n) is 18.3. The molecule has 2 aromatic rings. The lowest BCUT2D eigenvalue weighted by Crippen LogP contribution is -2.37. The first kappa shape index (κ1) is 20.9. The van der Waals surface area contributed by atoms with Crippen molar-refractivity contribution in [1.29, 1.82) is 0 Å². The van der Waals surface area contributed by atoms with Gasteiger partial charge in [0.1, 0.15) is 5.82 Å². The van der Waals surface area contributed by atoms with Crippen molar-refractivity contribution >= 4 is 23.4 Å². The molecule has 2 heterocycles. The lowest BCUT2D eigenvalue weighted by Gasteiger charge is -2.38. The van der Waals surface area contributed by atoms with Crippen LogP contribution in [0.4, 0.5) is 5.82 Å². The molecule has 1 aromatic heterocycles. The van der Waals surface area contributed by atoms with Crippen LogP contribution >= 0.6 is 11.8 Å². The molecule has 158 valence electrons. The number of fused-ring (bicyclic) bond motifs is 1. The number of carbonyl (C=O) groups is 1. The Balaban J connectivity index is 1.92. The number of Topliss-reactive ketones (excluding diaryl/α,β-unsaturated/α-hetero) is 1. The Morgan fingerprint density at radius 3 is 2.50 bits per heavy atom. The van der Waals surface area contributed by atoms with E-state index < -0.39 is 5.92 Å². The van der Waals surface area contributed by atoms with Gasteiger partial charge in [-0.05, 0) is 34.6 Å². The van der Waals surface area contributed by atoms with Crippen molar-refractivity contribution in [2.75, 3.05) is 11.1 Å². The third-order valence-corrected chi connectivity index (χ3v) is 6.67. The summed E-state index contributed by atoms with van der Waals surface area (Å²) in [6.07, 6.45) is 1.25. The number of hydrogen-bond donors (Lipinski definition) is 2. The van der Waals surface area contributed by atoms with Crippen LogP contribution in [-0.4, -0.2) is 21.5 Å². The van der Waals surface area contributed by atoms with Crippen LogP contribution in [0, 0.1) is 5.41 Å². The molecule has 0 amide bonds. The van der Waals surface area contributed by atoms with Crippen LogP contribution in [0.5, 0.6) is 0 Å². The molecule has 0 saturated heterocycles. The Morgan fingerprint density at radius 1 is 1.17 bits per heavy atom. The number of H-pyrrole nitrogens is 1. The number of nitrogens with zero attached hydrogens (tertiary/aromatic N) is 1. The number of benzene rings is 1. The van der Waals surface area contributed by atoms with Crippen LogP contribution < -0.4 is 10.9 Å². The molecule has 1 atom stereocenters. The first-order valence-corrected chi connectivity index (χ1v) is 11.6. The molecule has 5 nitrogen and oxygen atoms in total. The summed E-state index contributed by atoms with van der Waals surface area (Å²) in [5.74, 6) is 1.55. The highest BCUT2D eigenvalue weighted by Gasteiger charge is 2.42. The van der Waals surface area contributed by atoms with E-state index >= 15 is 0 Å². The highest BCUT2D eigenvalue weighted by Crippen LogP contribution is 2.47. The van der Waals surface area contributed by atoms with Gasteiger partial charge in [0.05, 0.1) is 5.56 Å². The SMILES string of the molecule is CCSc1nc2c(c(=O)[nH]1)[C@@H](c1ccc(C(C)C)cc1)C1=C(CC(C)(C)CC1=O)N2. The summed E-state index contributed by atoms with van der Waals surface area (Å²) in [6.45, 7) is 10.6. The molecule has 0 spiro atoms. The van der Waals surface area contributed by atoms with Gasteiger partial charge in [-0.3, -0.25) is 9.59 Å². The zero-order chi connectivity index (χ0) is 21.6. The Labute approximate surface area is 181 Å². The lowest BCUT2D eigenvalue weighted by molar-refractivity contribution is -0.118. The zero-order valence-corrected chi connectivity index (χ0v) is 19.1. The smallest absolute Gasteiger partial charge is 0.257 e. The molecule has 1 aromatic carbocycles. The molecular weight excluding hydrogens is 394 g/mol. The van der Waals surface area contributed by atoms with E-state index in [2.05, 4.69) is 62.3 Å². The number of anilines is 1. The fraction of sp³-hybridized carbons (Fsp3) is 0.458. The predicted octanol–water partition coefficient (Wildman–Crippen LogP) is 5.21. The molecule has 0 fully saturated rings. The number of allylic oxidation sites excluding steroid dienone is 2. The minimum atomic E-state index is -0.391. The van der Waals surface area contributed by atoms with Gasteiger partial charge in [0.15, 0.2) is 10.9 Å². The van der Waals surface area contributed by atoms with Crippen LogP contribution in [0.2, 0.25) is 0 Å². The molecule has 0 unspecified atom stereocenters. The minimum Gasteiger partial charge on any atom is -0.343 e. The van der Waals surface area contributed by atoms with Crippen molar-refractivity contribution < 1.29 is 4.79 Å². The van der Waals surface area contributed by atoms with E-state index in [9.17, 15) is 9.59 Å². The molecule has 4 rings (SSSR count). The monoisotopic (exact) mass is 423 g/mol. The lowest BCUT2D eigenvalue weighted by atomic mass is 9.69. The molecule has 0 bridgehead atoms. The van der Waals surface area contributed by atoms with Crippen molar-refractivity contribution in [2.24, 2.45) is 5.41 Å². The molecule has 30 heavy (non-hydrogen) atoms. The van der Waals surface area contributed by atoms with Gasteiger partial charge in [-0.25, -0.2) is 4.98 Å². The van der Waals surface area contributed by atoms with Crippen LogP contribution in [0.25, 0.3) is 0 Å². The van der Waals surface area contributed by atoms with Gasteiger partial charge in [0, 0.05) is 23.6 Å². The first-order valence-electron chi connectivity index (χ1n) is 10.6. The van der Waals surface area contributed by atoms with Crippen molar-refractivity contribution in [3.63, 3.8) is 0 Å². The second kappa shape index (κ2) is 7.73. The van der Waals surface area contributed by atoms with E-state index in [0.717, 1.165) is 29.0 Å². The summed E-state index contributed by atoms with van der Waals surface area (Å²) in [5, 5.41) is 3.97. The quantitative estimate of drug-likeness (QED) is 0.522. The van der Waals surface area contributed by atoms with Gasteiger partial charge in [-0.2, -0.15) is 0 Å². The minimum absolute atomic E-state index is 0.115. The van der Waals surface area contributed by atoms with Gasteiger partial charge >= 0.3 is 0 Å². The Morgan fingerprint density at radius 2 is 1.87 bits per heavy atom. The van der Waals surface area contributed by atoms with E-state index in [1.165, 1.54) is 17.3 Å². The van der Waals surface area contributed by atoms with Gasteiger partial charge in [0.25, 0.3) is 5.56 Å². The van der Waals surface area contributed by atoms with Crippen molar-refractivity contribution in [2.45, 2.75) is 64.5 Å². The number of nitrogens with one attached hydrogen (secondary N) is 2. The number of rotatable bonds is 4. The van der Waals surface area contributed by atoms with Crippen LogP contribution in [-0.2, 0) is 4.79 Å². The molecule has 1 aliphatic carbocycles. The van der Waals surface area contributed by atoms with Crippen LogP contribution in [0.15, 0.2) is 45.5 Å². The fourth-order valence-electron chi connectivity index (χ4n) is 4.51. The maximum absolute atomic E-state index is 13.3. The number of hydrogen-bond acceptors (Lipinski definition) is 5. The maximum Gasteiger partial charge on any atom is 0.257 e. The second-order valence-electron chi connectivity index (χ2n) is 9.28. The van der Waals surface area contributed by atoms with E-state index in [4.69, 9.17) is 4.98 Å². The van der Waals surface area contributed by atoms with E-state index in [1.54, 1.807) is 0 Å². The number of aromatic amines is 1. The summed E-state index contributed by atoms with van der Waals surface area (Å²) >= 11 is 1.50. The summed E-state index contributed by atoms with van der Waals surface area (Å²) < 4.78 is 0. The van der Waals surface area contributed by atoms with Crippen molar-refractivity contribution in [3.05, 3.63) is 62.6 Å². The molecular formula is C24H29N3O2S. The molecule has 6 heteroatoms. The second-order valence-corrected chi connectivity index (χ2v) is 10.5. The fourth-order valence-corrected chi connectivity index (χ4v) is 5.10. The number of thioether (sulfide) groups is 1. The van der Waals surface area contributed by atoms with Crippen molar-refractivity contribution in [1.82, 2.24) is 9.97 Å². The Hall–Kier alpha value is -2.34. The molecule has 0 radical (unpaired) electrons. The maximum atomic E-state index is 13.3. The van der Waals surface area contributed by atoms with Gasteiger partial charge in [-0.1, -0.05) is 70.6 Å². The van der Waals surface area contributed by atoms with Crippen LogP contribution in [0.1, 0.15) is 76.0 Å². The van der Waals surface area contributed by atoms with Gasteiger partial charge < -0.3 is 10.3 Å². The third kappa shape index (κ3) is 3.73. The molecule has 2 N–H and O–H groups in total. The average molecular weight is 424 g/mol. The number of aromatic nitrogens is 2. The van der Waals surface area contributed by atoms with Gasteiger partial charge in [0.2, 0.25) is 0 Å². The highest BCUT2D eigenvalue weighted by atomic mass is 32.2. The van der Waals surface area contributed by atoms with E-state index in [1.807, 2.05) is 6.92 Å². The normalized spacial score (nSPS) is 20.1. The number of ketones is 1. The molecule has 1 aliphatic heterocycles. The first-order chi connectivity index (χ1) is 14.2. The molecule has 0 saturated carbocycles. The summed E-state index contributed by atoms with van der Waals surface area (Å²) in [4.78, 5) is 34.0. The largest absolute Gasteiger partial charge is 0.343 e. The topological polar surface area (TPSA) is 74.8 Å². The average Bonchev–Trinajstić information content (AvgIpc) is 2.65. The predicted molar refractivity (Wildman–Crippen MR) is 122 cm³/mol. The standard InChI is InChI=1S/C24H29N3O2S/c1-6-30-23-26-21-20(22(29)27-23)18(15-9-7-14(8-10-15)13(2)3)19-16(25-21)11-24(4,5)12-17(19)28/h7-10,13,18H,6,11-12H2,1-5H3,(H2,25,26,27,29)/t18-/m0/s1.